The summed E-state index contributed by atoms with van der Waals surface area (Å²) in [5, 5.41) is 0. The Bertz CT molecular complexity index is 952. The van der Waals surface area contributed by atoms with Gasteiger partial charge in [-0.3, -0.25) is 4.72 Å². The van der Waals surface area contributed by atoms with Crippen LogP contribution in [-0.2, 0) is 22.9 Å². The van der Waals surface area contributed by atoms with E-state index in [0.29, 0.717) is 16.6 Å². The maximum atomic E-state index is 13.0. The van der Waals surface area contributed by atoms with Gasteiger partial charge in [0.25, 0.3) is 10.0 Å². The van der Waals surface area contributed by atoms with Crippen molar-refractivity contribution in [3.8, 4) is 5.75 Å². The first kappa shape index (κ1) is 19.7. The molecule has 0 spiro atoms. The molecule has 146 valence electrons. The molecule has 0 bridgehead atoms. The molecule has 6 heteroatoms. The minimum Gasteiger partial charge on any atom is -0.496 e. The van der Waals surface area contributed by atoms with Gasteiger partial charge < -0.3 is 9.64 Å². The normalized spacial score (nSPS) is 16.9. The molecule has 1 aliphatic carbocycles. The van der Waals surface area contributed by atoms with Gasteiger partial charge in [-0.25, -0.2) is 8.42 Å². The van der Waals surface area contributed by atoms with Crippen LogP contribution < -0.4 is 9.46 Å². The molecule has 0 amide bonds. The fourth-order valence-corrected chi connectivity index (χ4v) is 5.18. The number of sulfonamides is 1. The van der Waals surface area contributed by atoms with Crippen molar-refractivity contribution in [3.05, 3.63) is 52.6 Å². The largest absolute Gasteiger partial charge is 0.496 e. The molecule has 1 N–H and O–H groups in total. The summed E-state index contributed by atoms with van der Waals surface area (Å²) in [6, 6.07) is 9.58. The minimum atomic E-state index is -3.65. The molecule has 1 aliphatic rings. The minimum absolute atomic E-state index is 0.328. The zero-order chi connectivity index (χ0) is 19.8. The van der Waals surface area contributed by atoms with E-state index >= 15 is 0 Å². The maximum Gasteiger partial charge on any atom is 0.262 e. The molecule has 5 nitrogen and oxygen atoms in total. The zero-order valence-electron chi connectivity index (χ0n) is 16.7. The summed E-state index contributed by atoms with van der Waals surface area (Å²) in [4.78, 5) is 2.55. The van der Waals surface area contributed by atoms with E-state index in [4.69, 9.17) is 4.74 Å². The first-order valence-corrected chi connectivity index (χ1v) is 10.7. The van der Waals surface area contributed by atoms with Crippen molar-refractivity contribution < 1.29 is 13.2 Å². The molecule has 3 rings (SSSR count). The Morgan fingerprint density at radius 2 is 1.85 bits per heavy atom. The van der Waals surface area contributed by atoms with Crippen LogP contribution in [0.25, 0.3) is 0 Å². The first-order valence-electron chi connectivity index (χ1n) is 9.18. The van der Waals surface area contributed by atoms with Crippen LogP contribution in [0, 0.1) is 13.8 Å². The number of anilines is 1. The second kappa shape index (κ2) is 7.52. The van der Waals surface area contributed by atoms with Crippen LogP contribution in [0.5, 0.6) is 5.75 Å². The summed E-state index contributed by atoms with van der Waals surface area (Å²) >= 11 is 0. The summed E-state index contributed by atoms with van der Waals surface area (Å²) in [5.74, 6) is 0.825. The number of hydrogen-bond donors (Lipinski definition) is 1. The van der Waals surface area contributed by atoms with Crippen molar-refractivity contribution in [2.24, 2.45) is 0 Å². The third-order valence-electron chi connectivity index (χ3n) is 5.38. The van der Waals surface area contributed by atoms with Gasteiger partial charge >= 0.3 is 0 Å². The Morgan fingerprint density at radius 3 is 2.52 bits per heavy atom. The predicted octanol–water partition coefficient (Wildman–Crippen LogP) is 3.53. The molecule has 27 heavy (non-hydrogen) atoms. The van der Waals surface area contributed by atoms with Gasteiger partial charge in [-0.15, -0.1) is 0 Å². The van der Waals surface area contributed by atoms with E-state index in [0.717, 1.165) is 47.3 Å². The van der Waals surface area contributed by atoms with Crippen molar-refractivity contribution in [3.63, 3.8) is 0 Å². The number of methoxy groups -OCH3 is 1. The molecule has 0 saturated carbocycles. The lowest BCUT2D eigenvalue weighted by atomic mass is 9.86. The van der Waals surface area contributed by atoms with Crippen LogP contribution in [0.1, 0.15) is 28.7 Å². The highest BCUT2D eigenvalue weighted by molar-refractivity contribution is 7.92. The Balaban J connectivity index is 2.01. The van der Waals surface area contributed by atoms with E-state index < -0.39 is 10.0 Å². The molecule has 2 aromatic carbocycles. The lowest BCUT2D eigenvalue weighted by molar-refractivity contribution is 0.265. The lowest BCUT2D eigenvalue weighted by Gasteiger charge is -2.32. The van der Waals surface area contributed by atoms with Crippen LogP contribution in [-0.4, -0.2) is 40.6 Å². The molecule has 0 saturated heterocycles. The highest BCUT2D eigenvalue weighted by Crippen LogP contribution is 2.37. The number of ether oxygens (including phenoxy) is 1. The molecule has 1 unspecified atom stereocenters. The second-order valence-corrected chi connectivity index (χ2v) is 9.16. The van der Waals surface area contributed by atoms with Crippen LogP contribution in [0.2, 0.25) is 0 Å². The monoisotopic (exact) mass is 388 g/mol. The molecule has 0 fully saturated rings. The Hall–Kier alpha value is -2.05. The molecular formula is C21H28N2O3S. The summed E-state index contributed by atoms with van der Waals surface area (Å²) in [6.07, 6.45) is 2.66. The van der Waals surface area contributed by atoms with Gasteiger partial charge in [-0.2, -0.15) is 0 Å². The van der Waals surface area contributed by atoms with Crippen molar-refractivity contribution in [1.82, 2.24) is 4.90 Å². The SMILES string of the molecule is COc1ccc(NS(=O)(=O)c2cc(C)ccc2C)c2c1CC(N(C)C)CC2. The van der Waals surface area contributed by atoms with E-state index in [1.807, 2.05) is 38.1 Å². The number of benzene rings is 2. The Labute approximate surface area is 162 Å². The van der Waals surface area contributed by atoms with Crippen molar-refractivity contribution in [2.75, 3.05) is 25.9 Å². The van der Waals surface area contributed by atoms with Gasteiger partial charge in [0.1, 0.15) is 5.75 Å². The van der Waals surface area contributed by atoms with Gasteiger partial charge in [0.15, 0.2) is 0 Å². The number of fused-ring (bicyclic) bond motifs is 1. The first-order chi connectivity index (χ1) is 12.7. The number of nitrogens with zero attached hydrogens (tertiary/aromatic N) is 1. The number of aryl methyl sites for hydroxylation is 2. The van der Waals surface area contributed by atoms with E-state index in [1.165, 1.54) is 0 Å². The van der Waals surface area contributed by atoms with Crippen molar-refractivity contribution in [2.45, 2.75) is 44.0 Å². The molecule has 0 heterocycles. The van der Waals surface area contributed by atoms with E-state index in [1.54, 1.807) is 13.2 Å². The smallest absolute Gasteiger partial charge is 0.262 e. The summed E-state index contributed by atoms with van der Waals surface area (Å²) in [7, 11) is 2.17. The average molecular weight is 389 g/mol. The molecule has 0 radical (unpaired) electrons. The standard InChI is InChI=1S/C21H28N2O3S/c1-14-6-7-15(2)21(12-14)27(24,25)22-19-10-11-20(26-5)18-13-16(23(3)4)8-9-17(18)19/h6-7,10-12,16,22H,8-9,13H2,1-5H3. The Morgan fingerprint density at radius 1 is 1.11 bits per heavy atom. The zero-order valence-corrected chi connectivity index (χ0v) is 17.5. The maximum absolute atomic E-state index is 13.0. The second-order valence-electron chi connectivity index (χ2n) is 7.51. The molecule has 0 aromatic heterocycles. The van der Waals surface area contributed by atoms with Gasteiger partial charge in [0, 0.05) is 11.6 Å². The van der Waals surface area contributed by atoms with E-state index in [-0.39, 0.29) is 0 Å². The Kier molecular flexibility index (Phi) is 5.49. The van der Waals surface area contributed by atoms with Crippen LogP contribution in [0.4, 0.5) is 5.69 Å². The van der Waals surface area contributed by atoms with Crippen LogP contribution in [0.3, 0.4) is 0 Å². The average Bonchev–Trinajstić information content (AvgIpc) is 2.63. The molecule has 1 atom stereocenters. The quantitative estimate of drug-likeness (QED) is 0.851. The van der Waals surface area contributed by atoms with Crippen molar-refractivity contribution in [1.29, 1.82) is 0 Å². The predicted molar refractivity (Wildman–Crippen MR) is 109 cm³/mol. The van der Waals surface area contributed by atoms with E-state index in [2.05, 4.69) is 23.7 Å². The summed E-state index contributed by atoms with van der Waals surface area (Å²) in [5.41, 5.74) is 4.46. The number of likely N-dealkylation sites (N-methyl/N-ethyl adjacent to an activating group) is 1. The third-order valence-corrected chi connectivity index (χ3v) is 6.89. The van der Waals surface area contributed by atoms with Gasteiger partial charge in [-0.1, -0.05) is 12.1 Å². The molecular weight excluding hydrogens is 360 g/mol. The highest BCUT2D eigenvalue weighted by atomic mass is 32.2. The van der Waals surface area contributed by atoms with Crippen molar-refractivity contribution >= 4 is 15.7 Å². The topological polar surface area (TPSA) is 58.6 Å². The van der Waals surface area contributed by atoms with Gasteiger partial charge in [-0.05, 0) is 82.1 Å². The summed E-state index contributed by atoms with van der Waals surface area (Å²) < 4.78 is 34.5. The lowest BCUT2D eigenvalue weighted by Crippen LogP contribution is -2.34. The van der Waals surface area contributed by atoms with Gasteiger partial charge in [0.05, 0.1) is 17.7 Å². The fraction of sp³-hybridized carbons (Fsp3) is 0.429. The van der Waals surface area contributed by atoms with E-state index in [9.17, 15) is 8.42 Å². The third kappa shape index (κ3) is 3.96. The molecule has 2 aromatic rings. The van der Waals surface area contributed by atoms with Gasteiger partial charge in [0.2, 0.25) is 0 Å². The number of nitrogens with one attached hydrogen (secondary N) is 1. The molecule has 0 aliphatic heterocycles. The van der Waals surface area contributed by atoms with Crippen LogP contribution >= 0.6 is 0 Å². The van der Waals surface area contributed by atoms with Crippen LogP contribution in [0.15, 0.2) is 35.2 Å². The fourth-order valence-electron chi connectivity index (χ4n) is 3.75. The number of hydrogen-bond acceptors (Lipinski definition) is 4. The number of rotatable bonds is 5. The summed E-state index contributed by atoms with van der Waals surface area (Å²) in [6.45, 7) is 3.72. The highest BCUT2D eigenvalue weighted by Gasteiger charge is 2.27.